The number of fused-ring (bicyclic) bond motifs is 1. The first-order valence-electron chi connectivity index (χ1n) is 15.4. The number of para-hydroxylation sites is 1. The van der Waals surface area contributed by atoms with E-state index in [1.165, 1.54) is 16.4 Å². The number of amides is 2. The lowest BCUT2D eigenvalue weighted by Gasteiger charge is -2.24. The van der Waals surface area contributed by atoms with Crippen LogP contribution in [0.4, 0.5) is 5.69 Å². The molecule has 0 saturated carbocycles. The summed E-state index contributed by atoms with van der Waals surface area (Å²) in [6, 6.07) is 16.0. The van der Waals surface area contributed by atoms with E-state index < -0.39 is 22.0 Å². The van der Waals surface area contributed by atoms with Gasteiger partial charge in [0.25, 0.3) is 0 Å². The first kappa shape index (κ1) is 35.1. The van der Waals surface area contributed by atoms with Crippen LogP contribution in [0, 0.1) is 19.3 Å². The smallest absolute Gasteiger partial charge is 0.245 e. The Morgan fingerprint density at radius 1 is 1.10 bits per heavy atom. The average molecular weight is 712 g/mol. The van der Waals surface area contributed by atoms with Gasteiger partial charge in [-0.1, -0.05) is 35.3 Å². The molecular formula is C34H36Cl2N6O5S. The van der Waals surface area contributed by atoms with Crippen LogP contribution in [0.5, 0.6) is 5.75 Å². The van der Waals surface area contributed by atoms with Gasteiger partial charge in [-0.05, 0) is 87.2 Å². The van der Waals surface area contributed by atoms with E-state index in [1.54, 1.807) is 30.3 Å². The van der Waals surface area contributed by atoms with Crippen molar-refractivity contribution in [2.75, 3.05) is 18.4 Å². The number of rotatable bonds is 12. The highest BCUT2D eigenvalue weighted by Crippen LogP contribution is 2.36. The molecule has 1 atom stereocenters. The summed E-state index contributed by atoms with van der Waals surface area (Å²) in [6.45, 7) is 4.13. The molecule has 252 valence electrons. The first-order valence-corrected chi connectivity index (χ1v) is 17.6. The Balaban J connectivity index is 1.22. The van der Waals surface area contributed by atoms with Crippen LogP contribution >= 0.6 is 23.2 Å². The summed E-state index contributed by atoms with van der Waals surface area (Å²) in [5.74, 6) is -0.247. The third-order valence-corrected chi connectivity index (χ3v) is 11.0. The van der Waals surface area contributed by atoms with E-state index in [9.17, 15) is 18.0 Å². The molecule has 1 saturated heterocycles. The van der Waals surface area contributed by atoms with Gasteiger partial charge in [0.2, 0.25) is 21.8 Å². The second-order valence-electron chi connectivity index (χ2n) is 11.6. The topological polar surface area (TPSA) is 168 Å². The van der Waals surface area contributed by atoms with Crippen LogP contribution in [0.25, 0.3) is 10.9 Å². The number of nitrogens with one attached hydrogen (secondary N) is 3. The van der Waals surface area contributed by atoms with Crippen molar-refractivity contribution in [1.29, 1.82) is 5.41 Å². The van der Waals surface area contributed by atoms with Crippen LogP contribution in [0.1, 0.15) is 48.1 Å². The van der Waals surface area contributed by atoms with Crippen molar-refractivity contribution in [3.05, 3.63) is 93.1 Å². The minimum absolute atomic E-state index is 0.0660. The van der Waals surface area contributed by atoms with E-state index >= 15 is 0 Å². The molecule has 3 aromatic carbocycles. The zero-order valence-corrected chi connectivity index (χ0v) is 28.8. The molecule has 48 heavy (non-hydrogen) atoms. The molecule has 1 aliphatic heterocycles. The highest BCUT2D eigenvalue weighted by atomic mass is 35.5. The number of nitrogen functional groups attached to an aromatic ring is 1. The van der Waals surface area contributed by atoms with Gasteiger partial charge in [0, 0.05) is 52.4 Å². The molecule has 1 fully saturated rings. The Morgan fingerprint density at radius 2 is 1.85 bits per heavy atom. The lowest BCUT2D eigenvalue weighted by molar-refractivity contribution is -0.124. The number of aryl methyl sites for hydroxylation is 2. The number of pyridine rings is 1. The zero-order chi connectivity index (χ0) is 34.6. The highest BCUT2D eigenvalue weighted by Gasteiger charge is 2.40. The fourth-order valence-electron chi connectivity index (χ4n) is 5.68. The summed E-state index contributed by atoms with van der Waals surface area (Å²) in [4.78, 5) is 30.0. The Labute approximate surface area is 289 Å². The number of nitrogens with zero attached hydrogens (tertiary/aromatic N) is 2. The van der Waals surface area contributed by atoms with Gasteiger partial charge >= 0.3 is 0 Å². The summed E-state index contributed by atoms with van der Waals surface area (Å²) in [6.07, 6.45) is 1.33. The third-order valence-electron chi connectivity index (χ3n) is 8.11. The van der Waals surface area contributed by atoms with Gasteiger partial charge in [0.1, 0.15) is 34.6 Å². The molecule has 1 aromatic heterocycles. The summed E-state index contributed by atoms with van der Waals surface area (Å²) >= 11 is 13.2. The molecule has 4 aromatic rings. The number of hydrogen-bond donors (Lipinski definition) is 4. The predicted octanol–water partition coefficient (Wildman–Crippen LogP) is 5.71. The largest absolute Gasteiger partial charge is 0.487 e. The van der Waals surface area contributed by atoms with Gasteiger partial charge in [-0.25, -0.2) is 13.4 Å². The molecule has 14 heteroatoms. The summed E-state index contributed by atoms with van der Waals surface area (Å²) in [5.41, 5.74) is 9.43. The van der Waals surface area contributed by atoms with E-state index in [0.717, 1.165) is 16.6 Å². The number of carbonyl (C=O) groups is 2. The van der Waals surface area contributed by atoms with Gasteiger partial charge in [0.05, 0.1) is 5.02 Å². The first-order chi connectivity index (χ1) is 22.9. The Kier molecular flexibility index (Phi) is 10.9. The number of hydrogen-bond acceptors (Lipinski definition) is 7. The summed E-state index contributed by atoms with van der Waals surface area (Å²) in [5, 5.41) is 14.1. The number of sulfonamides is 1. The number of carbonyl (C=O) groups excluding carboxylic acids is 2. The number of ether oxygens (including phenoxy) is 1. The summed E-state index contributed by atoms with van der Waals surface area (Å²) in [7, 11) is -4.19. The second kappa shape index (κ2) is 14.9. The van der Waals surface area contributed by atoms with Crippen molar-refractivity contribution < 1.29 is 22.7 Å². The number of amidine groups is 1. The molecular weight excluding hydrogens is 675 g/mol. The fourth-order valence-corrected chi connectivity index (χ4v) is 8.20. The molecule has 0 aliphatic carbocycles. The number of anilines is 1. The van der Waals surface area contributed by atoms with Gasteiger partial charge in [0.15, 0.2) is 0 Å². The number of aromatic nitrogens is 1. The molecule has 0 radical (unpaired) electrons. The van der Waals surface area contributed by atoms with Crippen LogP contribution < -0.4 is 21.1 Å². The standard InChI is InChI=1S/C34H36Cl2N6O5S/c1-20-18-21(2)40-32-24(20)6-3-8-28(32)47-19-25-26(35)14-15-29(31(25)36)48(45,46)42-17-5-7-27(42)34(44)39-16-4-9-30(43)41-23-12-10-22(11-13-23)33(37)38/h3,6,8,10-15,18,27H,4-5,7,9,16-17,19H2,1-2H3,(H3,37,38)(H,39,44)(H,41,43)/t27-/m0/s1. The van der Waals surface area contributed by atoms with E-state index in [1.807, 2.05) is 32.0 Å². The molecule has 2 amide bonds. The third kappa shape index (κ3) is 7.73. The van der Waals surface area contributed by atoms with Crippen molar-refractivity contribution >= 4 is 67.5 Å². The van der Waals surface area contributed by atoms with Crippen molar-refractivity contribution in [2.24, 2.45) is 5.73 Å². The van der Waals surface area contributed by atoms with E-state index in [-0.39, 0.29) is 52.8 Å². The maximum absolute atomic E-state index is 13.9. The van der Waals surface area contributed by atoms with E-state index in [2.05, 4.69) is 15.6 Å². The molecule has 0 spiro atoms. The maximum atomic E-state index is 13.9. The van der Waals surface area contributed by atoms with Crippen molar-refractivity contribution in [2.45, 2.75) is 57.1 Å². The zero-order valence-electron chi connectivity index (χ0n) is 26.5. The Bertz CT molecular complexity index is 1990. The lowest BCUT2D eigenvalue weighted by Crippen LogP contribution is -2.46. The van der Waals surface area contributed by atoms with Gasteiger partial charge < -0.3 is 21.1 Å². The van der Waals surface area contributed by atoms with Crippen LogP contribution in [0.2, 0.25) is 10.0 Å². The lowest BCUT2D eigenvalue weighted by atomic mass is 10.1. The highest BCUT2D eigenvalue weighted by molar-refractivity contribution is 7.89. The second-order valence-corrected chi connectivity index (χ2v) is 14.2. The Morgan fingerprint density at radius 3 is 2.58 bits per heavy atom. The van der Waals surface area contributed by atoms with Crippen molar-refractivity contribution in [3.8, 4) is 5.75 Å². The normalized spacial score (nSPS) is 15.0. The Hall–Kier alpha value is -4.23. The molecule has 0 unspecified atom stereocenters. The molecule has 0 bridgehead atoms. The van der Waals surface area contributed by atoms with Crippen LogP contribution in [0.15, 0.2) is 65.6 Å². The molecule has 2 heterocycles. The van der Waals surface area contributed by atoms with E-state index in [4.69, 9.17) is 39.1 Å². The van der Waals surface area contributed by atoms with Crippen molar-refractivity contribution in [1.82, 2.24) is 14.6 Å². The fraction of sp³-hybridized carbons (Fsp3) is 0.294. The molecule has 5 N–H and O–H groups in total. The van der Waals surface area contributed by atoms with Crippen molar-refractivity contribution in [3.63, 3.8) is 0 Å². The monoisotopic (exact) mass is 710 g/mol. The minimum Gasteiger partial charge on any atom is -0.487 e. The van der Waals surface area contributed by atoms with Gasteiger partial charge in [-0.2, -0.15) is 4.31 Å². The van der Waals surface area contributed by atoms with Crippen LogP contribution in [0.3, 0.4) is 0 Å². The average Bonchev–Trinajstić information content (AvgIpc) is 3.55. The number of benzene rings is 3. The quantitative estimate of drug-likeness (QED) is 0.0830. The number of nitrogens with two attached hydrogens (primary N) is 1. The van der Waals surface area contributed by atoms with Crippen LogP contribution in [-0.4, -0.2) is 54.5 Å². The SMILES string of the molecule is Cc1cc(C)c2cccc(OCc3c(Cl)ccc(S(=O)(=O)N4CCC[C@H]4C(=O)NCCCC(=O)Nc4ccc(C(=N)N)cc4)c3Cl)c2n1. The summed E-state index contributed by atoms with van der Waals surface area (Å²) < 4.78 is 35.1. The van der Waals surface area contributed by atoms with Gasteiger partial charge in [-0.3, -0.25) is 15.0 Å². The van der Waals surface area contributed by atoms with E-state index in [0.29, 0.717) is 47.3 Å². The maximum Gasteiger partial charge on any atom is 0.245 e. The molecule has 1 aliphatic rings. The molecule has 5 rings (SSSR count). The molecule has 11 nitrogen and oxygen atoms in total. The minimum atomic E-state index is -4.19. The van der Waals surface area contributed by atoms with Gasteiger partial charge in [-0.15, -0.1) is 0 Å². The van der Waals surface area contributed by atoms with Crippen LogP contribution in [-0.2, 0) is 26.2 Å². The predicted molar refractivity (Wildman–Crippen MR) is 187 cm³/mol. The number of halogens is 2.